The third-order valence-electron chi connectivity index (χ3n) is 5.15. The van der Waals surface area contributed by atoms with Gasteiger partial charge in [0, 0.05) is 6.20 Å². The van der Waals surface area contributed by atoms with E-state index in [1.54, 1.807) is 24.4 Å². The summed E-state index contributed by atoms with van der Waals surface area (Å²) in [5.41, 5.74) is 0. The number of allylic oxidation sites excluding steroid dienone is 2. The van der Waals surface area contributed by atoms with Crippen molar-refractivity contribution in [3.8, 4) is 0 Å². The Kier molecular flexibility index (Phi) is 3.55. The SMILES string of the molecule is O=C(NCN1C(=O)[C@H]2[C@H](C1=O)[C@H]1C=C[C@H]2CC1)Nc1ccccn1. The molecule has 2 fully saturated rings. The number of anilines is 1. The summed E-state index contributed by atoms with van der Waals surface area (Å²) in [7, 11) is 0. The quantitative estimate of drug-likeness (QED) is 0.648. The second-order valence-electron chi connectivity index (χ2n) is 6.45. The van der Waals surface area contributed by atoms with Crippen LogP contribution >= 0.6 is 0 Å². The predicted octanol–water partition coefficient (Wildman–Crippen LogP) is 1.36. The smallest absolute Gasteiger partial charge is 0.320 e. The van der Waals surface area contributed by atoms with Crippen LogP contribution < -0.4 is 10.6 Å². The van der Waals surface area contributed by atoms with E-state index < -0.39 is 6.03 Å². The van der Waals surface area contributed by atoms with Gasteiger partial charge in [-0.05, 0) is 36.8 Å². The van der Waals surface area contributed by atoms with E-state index in [1.807, 2.05) is 0 Å². The highest BCUT2D eigenvalue weighted by Crippen LogP contribution is 2.49. The van der Waals surface area contributed by atoms with Crippen molar-refractivity contribution >= 4 is 23.7 Å². The van der Waals surface area contributed by atoms with Crippen molar-refractivity contribution in [1.29, 1.82) is 0 Å². The van der Waals surface area contributed by atoms with Gasteiger partial charge in [-0.25, -0.2) is 9.78 Å². The number of nitrogens with zero attached hydrogens (tertiary/aromatic N) is 2. The van der Waals surface area contributed by atoms with Crippen molar-refractivity contribution in [3.05, 3.63) is 36.5 Å². The number of likely N-dealkylation sites (tertiary alicyclic amines) is 1. The summed E-state index contributed by atoms with van der Waals surface area (Å²) >= 11 is 0. The lowest BCUT2D eigenvalue weighted by Gasteiger charge is -2.38. The number of rotatable bonds is 3. The standard InChI is InChI=1S/C17H18N4O3/c22-15-13-10-4-5-11(7-6-10)14(13)16(23)21(15)9-19-17(24)20-12-3-1-2-8-18-12/h1-5,8,10-11,13-14H,6-7,9H2,(H2,18,19,20,24)/t10-,11-,13+,14+/m0/s1. The summed E-state index contributed by atoms with van der Waals surface area (Å²) in [6, 6.07) is 4.66. The van der Waals surface area contributed by atoms with Crippen LogP contribution in [0.2, 0.25) is 0 Å². The van der Waals surface area contributed by atoms with Gasteiger partial charge in [-0.2, -0.15) is 0 Å². The Morgan fingerprint density at radius 3 is 2.33 bits per heavy atom. The van der Waals surface area contributed by atoms with E-state index in [0.717, 1.165) is 12.8 Å². The van der Waals surface area contributed by atoms with Crippen molar-refractivity contribution in [2.45, 2.75) is 12.8 Å². The monoisotopic (exact) mass is 326 g/mol. The molecule has 2 heterocycles. The third-order valence-corrected chi connectivity index (χ3v) is 5.15. The van der Waals surface area contributed by atoms with Crippen molar-refractivity contribution in [1.82, 2.24) is 15.2 Å². The van der Waals surface area contributed by atoms with E-state index in [2.05, 4.69) is 27.8 Å². The van der Waals surface area contributed by atoms with Gasteiger partial charge in [0.2, 0.25) is 11.8 Å². The molecular formula is C17H18N4O3. The van der Waals surface area contributed by atoms with Crippen LogP contribution in [0.5, 0.6) is 0 Å². The van der Waals surface area contributed by atoms with Gasteiger partial charge in [0.25, 0.3) is 0 Å². The molecule has 7 nitrogen and oxygen atoms in total. The van der Waals surface area contributed by atoms with Crippen LogP contribution in [0.4, 0.5) is 10.6 Å². The molecule has 0 spiro atoms. The maximum atomic E-state index is 12.6. The first-order chi connectivity index (χ1) is 11.6. The molecule has 2 bridgehead atoms. The molecule has 24 heavy (non-hydrogen) atoms. The number of imide groups is 1. The van der Waals surface area contributed by atoms with Crippen LogP contribution in [-0.2, 0) is 9.59 Å². The maximum Gasteiger partial charge on any atom is 0.321 e. The summed E-state index contributed by atoms with van der Waals surface area (Å²) in [4.78, 5) is 42.3. The molecule has 0 unspecified atom stereocenters. The summed E-state index contributed by atoms with van der Waals surface area (Å²) in [5, 5.41) is 5.13. The number of fused-ring (bicyclic) bond motifs is 1. The second kappa shape index (κ2) is 5.74. The van der Waals surface area contributed by atoms with Crippen LogP contribution in [0, 0.1) is 23.7 Å². The Balaban J connectivity index is 1.40. The minimum atomic E-state index is -0.495. The number of hydrogen-bond acceptors (Lipinski definition) is 4. The largest absolute Gasteiger partial charge is 0.321 e. The number of aromatic nitrogens is 1. The van der Waals surface area contributed by atoms with Crippen molar-refractivity contribution in [2.75, 3.05) is 12.0 Å². The molecule has 0 radical (unpaired) electrons. The first kappa shape index (κ1) is 14.9. The van der Waals surface area contributed by atoms with Crippen LogP contribution in [0.3, 0.4) is 0 Å². The fourth-order valence-electron chi connectivity index (χ4n) is 4.04. The number of carbonyl (C=O) groups is 3. The molecule has 0 aromatic carbocycles. The average Bonchev–Trinajstić information content (AvgIpc) is 2.88. The molecule has 1 saturated heterocycles. The summed E-state index contributed by atoms with van der Waals surface area (Å²) in [6.45, 7) is -0.108. The molecule has 4 aliphatic rings. The molecule has 1 aliphatic heterocycles. The zero-order chi connectivity index (χ0) is 16.7. The Morgan fingerprint density at radius 2 is 1.79 bits per heavy atom. The van der Waals surface area contributed by atoms with Gasteiger partial charge in [-0.1, -0.05) is 18.2 Å². The molecule has 1 saturated carbocycles. The number of amides is 4. The first-order valence-corrected chi connectivity index (χ1v) is 8.14. The topological polar surface area (TPSA) is 91.4 Å². The molecule has 4 atom stereocenters. The molecule has 4 amide bonds. The van der Waals surface area contributed by atoms with Crippen LogP contribution in [0.25, 0.3) is 0 Å². The number of pyridine rings is 1. The third kappa shape index (κ3) is 2.36. The fourth-order valence-corrected chi connectivity index (χ4v) is 4.04. The lowest BCUT2D eigenvalue weighted by atomic mass is 9.63. The van der Waals surface area contributed by atoms with Gasteiger partial charge >= 0.3 is 6.03 Å². The summed E-state index contributed by atoms with van der Waals surface area (Å²) < 4.78 is 0. The van der Waals surface area contributed by atoms with E-state index in [0.29, 0.717) is 5.82 Å². The van der Waals surface area contributed by atoms with Crippen LogP contribution in [0.15, 0.2) is 36.5 Å². The van der Waals surface area contributed by atoms with Gasteiger partial charge < -0.3 is 5.32 Å². The van der Waals surface area contributed by atoms with Gasteiger partial charge in [-0.15, -0.1) is 0 Å². The van der Waals surface area contributed by atoms with Crippen molar-refractivity contribution in [2.24, 2.45) is 23.7 Å². The molecule has 1 aromatic rings. The Bertz CT molecular complexity index is 686. The fraction of sp³-hybridized carbons (Fsp3) is 0.412. The van der Waals surface area contributed by atoms with Gasteiger partial charge in [0.1, 0.15) is 12.5 Å². The predicted molar refractivity (Wildman–Crippen MR) is 85.4 cm³/mol. The Morgan fingerprint density at radius 1 is 1.12 bits per heavy atom. The second-order valence-corrected chi connectivity index (χ2v) is 6.45. The van der Waals surface area contributed by atoms with E-state index in [9.17, 15) is 14.4 Å². The van der Waals surface area contributed by atoms with E-state index in [4.69, 9.17) is 0 Å². The number of nitrogens with one attached hydrogen (secondary N) is 2. The van der Waals surface area contributed by atoms with Crippen molar-refractivity contribution in [3.63, 3.8) is 0 Å². The normalized spacial score (nSPS) is 30.4. The molecular weight excluding hydrogens is 308 g/mol. The first-order valence-electron chi connectivity index (χ1n) is 8.14. The van der Waals surface area contributed by atoms with E-state index in [1.165, 1.54) is 4.90 Å². The Labute approximate surface area is 139 Å². The van der Waals surface area contributed by atoms with Crippen LogP contribution in [-0.4, -0.2) is 34.4 Å². The minimum absolute atomic E-state index is 0.108. The number of hydrogen-bond donors (Lipinski definition) is 2. The number of urea groups is 1. The van der Waals surface area contributed by atoms with E-state index >= 15 is 0 Å². The van der Waals surface area contributed by atoms with Gasteiger partial charge in [0.15, 0.2) is 0 Å². The Hall–Kier alpha value is -2.70. The van der Waals surface area contributed by atoms with Crippen molar-refractivity contribution < 1.29 is 14.4 Å². The van der Waals surface area contributed by atoms with Gasteiger partial charge in [-0.3, -0.25) is 19.8 Å². The number of carbonyl (C=O) groups excluding carboxylic acids is 3. The summed E-state index contributed by atoms with van der Waals surface area (Å²) in [6.07, 6.45) is 7.64. The minimum Gasteiger partial charge on any atom is -0.320 e. The molecule has 1 aromatic heterocycles. The molecule has 7 heteroatoms. The van der Waals surface area contributed by atoms with Gasteiger partial charge in [0.05, 0.1) is 11.8 Å². The summed E-state index contributed by atoms with van der Waals surface area (Å²) in [5.74, 6) is -0.106. The zero-order valence-corrected chi connectivity index (χ0v) is 13.0. The van der Waals surface area contributed by atoms with E-state index in [-0.39, 0.29) is 42.2 Å². The highest BCUT2D eigenvalue weighted by Gasteiger charge is 2.56. The lowest BCUT2D eigenvalue weighted by molar-refractivity contribution is -0.140. The highest BCUT2D eigenvalue weighted by atomic mass is 16.2. The lowest BCUT2D eigenvalue weighted by Crippen LogP contribution is -2.43. The average molecular weight is 326 g/mol. The molecule has 2 N–H and O–H groups in total. The molecule has 3 aliphatic carbocycles. The zero-order valence-electron chi connectivity index (χ0n) is 13.0. The highest BCUT2D eigenvalue weighted by molar-refractivity contribution is 6.06. The maximum absolute atomic E-state index is 12.6. The molecule has 124 valence electrons. The molecule has 5 rings (SSSR count). The van der Waals surface area contributed by atoms with Crippen LogP contribution in [0.1, 0.15) is 12.8 Å².